The fourth-order valence-corrected chi connectivity index (χ4v) is 2.07. The smallest absolute Gasteiger partial charge is 0.274 e. The van der Waals surface area contributed by atoms with E-state index in [2.05, 4.69) is 4.84 Å². The van der Waals surface area contributed by atoms with Gasteiger partial charge in [0.1, 0.15) is 4.90 Å². The van der Waals surface area contributed by atoms with Gasteiger partial charge in [0, 0.05) is 34.4 Å². The molecule has 0 radical (unpaired) electrons. The quantitative estimate of drug-likeness (QED) is 0.474. The largest absolute Gasteiger partial charge is 0.310 e. The molecular weight excluding hydrogens is 323 g/mol. The number of benzene rings is 1. The maximum absolute atomic E-state index is 12.8. The van der Waals surface area contributed by atoms with Crippen LogP contribution >= 0.6 is 10.2 Å². The fraction of sp³-hybridized carbons (Fsp3) is 0.300. The van der Waals surface area contributed by atoms with E-state index < -0.39 is 32.3 Å². The number of halogens is 5. The van der Waals surface area contributed by atoms with E-state index in [4.69, 9.17) is 0 Å². The van der Waals surface area contributed by atoms with Crippen LogP contribution in [0.5, 0.6) is 0 Å². The molecule has 0 atom stereocenters. The molecule has 1 rings (SSSR count). The number of hydrogen-bond donors (Lipinski definition) is 0. The lowest BCUT2D eigenvalue weighted by molar-refractivity contribution is -0.428. The lowest BCUT2D eigenvalue weighted by Crippen LogP contribution is -2.25. The van der Waals surface area contributed by atoms with Crippen LogP contribution in [0.25, 0.3) is 0 Å². The Hall–Kier alpha value is -1.75. The Morgan fingerprint density at radius 1 is 1.19 bits per heavy atom. The van der Waals surface area contributed by atoms with Crippen molar-refractivity contribution in [3.8, 4) is 0 Å². The first-order chi connectivity index (χ1) is 9.15. The third kappa shape index (κ3) is 4.11. The molecule has 0 aromatic heterocycles. The number of carbonyl (C=O) groups is 1. The Balaban J connectivity index is 3.61. The second-order valence-corrected chi connectivity index (χ2v) is 6.58. The van der Waals surface area contributed by atoms with Gasteiger partial charge in [0.25, 0.3) is 11.6 Å². The van der Waals surface area contributed by atoms with Crippen molar-refractivity contribution in [2.45, 2.75) is 4.90 Å². The van der Waals surface area contributed by atoms with Crippen molar-refractivity contribution in [2.24, 2.45) is 0 Å². The summed E-state index contributed by atoms with van der Waals surface area (Å²) in [5.41, 5.74) is -1.48. The molecule has 21 heavy (non-hydrogen) atoms. The predicted molar refractivity (Wildman–Crippen MR) is 66.2 cm³/mol. The molecule has 0 fully saturated rings. The molecule has 1 amide bonds. The molecule has 5 nitrogen and oxygen atoms in total. The van der Waals surface area contributed by atoms with Crippen LogP contribution in [0, 0.1) is 4.91 Å². The van der Waals surface area contributed by atoms with Crippen molar-refractivity contribution < 1.29 is 33.8 Å². The van der Waals surface area contributed by atoms with Gasteiger partial charge < -0.3 is 0 Å². The molecule has 120 valence electrons. The van der Waals surface area contributed by atoms with Gasteiger partial charge >= 0.3 is 10.2 Å². The van der Waals surface area contributed by atoms with Crippen molar-refractivity contribution in [1.29, 1.82) is 0 Å². The van der Waals surface area contributed by atoms with Crippen LogP contribution in [0.15, 0.2) is 23.1 Å². The molecule has 0 saturated heterocycles. The standard InChI is InChI=1S/C10H12F5N2O3S/c1-16(19)8-4-7(10(18)17(2)20-3)5-9(6-8)21(11,12,13,14)15/h4-6H,1-3H3/q+1. The Morgan fingerprint density at radius 2 is 1.71 bits per heavy atom. The van der Waals surface area contributed by atoms with E-state index in [0.717, 1.165) is 27.3 Å². The van der Waals surface area contributed by atoms with E-state index in [1.807, 2.05) is 0 Å². The van der Waals surface area contributed by atoms with Gasteiger partial charge in [-0.3, -0.25) is 9.63 Å². The van der Waals surface area contributed by atoms with E-state index in [-0.39, 0.29) is 16.9 Å². The van der Waals surface area contributed by atoms with Gasteiger partial charge in [0.05, 0.1) is 7.11 Å². The summed E-state index contributed by atoms with van der Waals surface area (Å²) >= 11 is 0. The van der Waals surface area contributed by atoms with Crippen molar-refractivity contribution in [1.82, 2.24) is 5.06 Å². The molecular formula is C10H12F5N2O3S+. The Labute approximate surface area is 116 Å². The highest BCUT2D eigenvalue weighted by molar-refractivity contribution is 8.45. The number of hydrogen-bond acceptors (Lipinski definition) is 3. The second kappa shape index (κ2) is 4.37. The monoisotopic (exact) mass is 335 g/mol. The number of nitrogens with zero attached hydrogens (tertiary/aromatic N) is 2. The minimum absolute atomic E-state index is 0.00185. The molecule has 0 heterocycles. The molecule has 0 spiro atoms. The third-order valence-corrected chi connectivity index (χ3v) is 3.63. The highest BCUT2D eigenvalue weighted by Crippen LogP contribution is 3.02. The van der Waals surface area contributed by atoms with Crippen molar-refractivity contribution in [3.63, 3.8) is 0 Å². The molecule has 0 unspecified atom stereocenters. The predicted octanol–water partition coefficient (Wildman–Crippen LogP) is 4.02. The lowest BCUT2D eigenvalue weighted by Gasteiger charge is -2.40. The van der Waals surface area contributed by atoms with Gasteiger partial charge in [-0.2, -0.15) is 0 Å². The van der Waals surface area contributed by atoms with E-state index in [9.17, 15) is 29.1 Å². The van der Waals surface area contributed by atoms with Crippen molar-refractivity contribution in [2.75, 3.05) is 21.2 Å². The zero-order chi connectivity index (χ0) is 16.7. The number of rotatable bonds is 4. The van der Waals surface area contributed by atoms with E-state index in [1.54, 1.807) is 0 Å². The summed E-state index contributed by atoms with van der Waals surface area (Å²) < 4.78 is 64.1. The Morgan fingerprint density at radius 3 is 2.10 bits per heavy atom. The highest BCUT2D eigenvalue weighted by Gasteiger charge is 2.66. The average Bonchev–Trinajstić information content (AvgIpc) is 2.33. The van der Waals surface area contributed by atoms with Gasteiger partial charge in [-0.15, -0.1) is 0 Å². The first kappa shape index (κ1) is 17.3. The van der Waals surface area contributed by atoms with Gasteiger partial charge in [0.2, 0.25) is 0 Å². The number of amides is 1. The highest BCUT2D eigenvalue weighted by atomic mass is 32.5. The average molecular weight is 335 g/mol. The van der Waals surface area contributed by atoms with Crippen LogP contribution < -0.4 is 0 Å². The lowest BCUT2D eigenvalue weighted by atomic mass is 10.2. The molecule has 0 bridgehead atoms. The molecule has 0 N–H and O–H groups in total. The van der Waals surface area contributed by atoms with Crippen LogP contribution in [0.4, 0.5) is 25.1 Å². The van der Waals surface area contributed by atoms with Crippen molar-refractivity contribution >= 4 is 21.8 Å². The van der Waals surface area contributed by atoms with E-state index in [1.165, 1.54) is 0 Å². The van der Waals surface area contributed by atoms with Gasteiger partial charge in [0.15, 0.2) is 7.05 Å². The van der Waals surface area contributed by atoms with Gasteiger partial charge in [-0.1, -0.05) is 19.4 Å². The van der Waals surface area contributed by atoms with Crippen LogP contribution in [-0.4, -0.2) is 36.9 Å². The van der Waals surface area contributed by atoms with E-state index >= 15 is 0 Å². The van der Waals surface area contributed by atoms with Gasteiger partial charge in [-0.25, -0.2) is 5.06 Å². The maximum atomic E-state index is 12.8. The summed E-state index contributed by atoms with van der Waals surface area (Å²) in [6.07, 6.45) is 0. The van der Waals surface area contributed by atoms with Crippen LogP contribution in [0.1, 0.15) is 10.4 Å². The summed E-state index contributed by atoms with van der Waals surface area (Å²) in [5.74, 6) is -1.11. The zero-order valence-corrected chi connectivity index (χ0v) is 12.0. The molecule has 1 aromatic rings. The number of nitroso groups, excluding NO2 is 1. The molecule has 1 aromatic carbocycles. The zero-order valence-electron chi connectivity index (χ0n) is 11.1. The second-order valence-electron chi connectivity index (χ2n) is 4.17. The van der Waals surface area contributed by atoms with Crippen LogP contribution in [-0.2, 0) is 4.84 Å². The van der Waals surface area contributed by atoms with E-state index in [0.29, 0.717) is 5.06 Å². The molecule has 0 saturated carbocycles. The minimum Gasteiger partial charge on any atom is -0.274 e. The summed E-state index contributed by atoms with van der Waals surface area (Å²) in [6.45, 7) is 0. The van der Waals surface area contributed by atoms with Crippen molar-refractivity contribution in [3.05, 3.63) is 28.7 Å². The summed E-state index contributed by atoms with van der Waals surface area (Å²) in [4.78, 5) is 25.0. The van der Waals surface area contributed by atoms with Crippen LogP contribution in [0.3, 0.4) is 0 Å². The Kier molecular flexibility index (Phi) is 3.60. The van der Waals surface area contributed by atoms with Crippen LogP contribution in [0.2, 0.25) is 0 Å². The third-order valence-electron chi connectivity index (χ3n) is 2.51. The first-order valence-electron chi connectivity index (χ1n) is 5.28. The summed E-state index contributed by atoms with van der Waals surface area (Å²) in [7, 11) is -7.06. The topological polar surface area (TPSA) is 49.6 Å². The number of carbonyl (C=O) groups excluding carboxylic acids is 1. The summed E-state index contributed by atoms with van der Waals surface area (Å²) in [6, 6.07) is 0.752. The fourth-order valence-electron chi connectivity index (χ4n) is 1.38. The first-order valence-corrected chi connectivity index (χ1v) is 7.23. The molecule has 11 heteroatoms. The van der Waals surface area contributed by atoms with Gasteiger partial charge in [-0.05, 0) is 6.07 Å². The minimum atomic E-state index is -10.0. The maximum Gasteiger partial charge on any atom is 0.310 e. The Bertz CT molecular complexity index is 617. The molecule has 0 aliphatic heterocycles. The summed E-state index contributed by atoms with van der Waals surface area (Å²) in [5, 5.41) is 0.541. The molecule has 0 aliphatic rings. The molecule has 0 aliphatic carbocycles. The number of hydroxylamine groups is 2. The SMILES string of the molecule is CON(C)C(=O)c1cc([N+](C)=O)cc(S(F)(F)(F)(F)F)c1. The normalized spacial score (nSPS) is 15.0.